The average molecular weight is 300 g/mol. The van der Waals surface area contributed by atoms with Gasteiger partial charge >= 0.3 is 0 Å². The Morgan fingerprint density at radius 3 is 2.33 bits per heavy atom. The Bertz CT molecular complexity index is 603. The fourth-order valence-corrected chi connectivity index (χ4v) is 2.91. The van der Waals surface area contributed by atoms with Crippen molar-refractivity contribution < 1.29 is 4.74 Å². The monoisotopic (exact) mass is 300 g/mol. The SMILES string of the molecule is Cc1cc(C(=N)N)cc(C)c1OCCSc1ccccc1. The summed E-state index contributed by atoms with van der Waals surface area (Å²) < 4.78 is 5.89. The first-order chi connectivity index (χ1) is 10.1. The zero-order valence-electron chi connectivity index (χ0n) is 12.3. The van der Waals surface area contributed by atoms with Gasteiger partial charge in [0.15, 0.2) is 0 Å². The molecule has 2 aromatic carbocycles. The molecule has 0 amide bonds. The minimum absolute atomic E-state index is 0.0902. The van der Waals surface area contributed by atoms with Gasteiger partial charge in [-0.1, -0.05) is 18.2 Å². The van der Waals surface area contributed by atoms with Crippen LogP contribution in [-0.2, 0) is 0 Å². The third-order valence-corrected chi connectivity index (χ3v) is 4.09. The maximum atomic E-state index is 7.50. The molecular formula is C17H20N2OS. The third kappa shape index (κ3) is 4.26. The number of thioether (sulfide) groups is 1. The Morgan fingerprint density at radius 1 is 1.14 bits per heavy atom. The first kappa shape index (κ1) is 15.4. The molecule has 3 nitrogen and oxygen atoms in total. The van der Waals surface area contributed by atoms with Gasteiger partial charge in [-0.2, -0.15) is 0 Å². The lowest BCUT2D eigenvalue weighted by Gasteiger charge is -2.13. The summed E-state index contributed by atoms with van der Waals surface area (Å²) in [5.41, 5.74) is 8.31. The maximum absolute atomic E-state index is 7.50. The van der Waals surface area contributed by atoms with Crippen molar-refractivity contribution in [1.82, 2.24) is 0 Å². The molecule has 0 heterocycles. The summed E-state index contributed by atoms with van der Waals surface area (Å²) in [6, 6.07) is 14.1. The van der Waals surface area contributed by atoms with E-state index >= 15 is 0 Å². The summed E-state index contributed by atoms with van der Waals surface area (Å²) in [5.74, 6) is 1.89. The molecule has 0 unspecified atom stereocenters. The van der Waals surface area contributed by atoms with Crippen LogP contribution in [0.2, 0.25) is 0 Å². The van der Waals surface area contributed by atoms with Crippen LogP contribution in [0, 0.1) is 19.3 Å². The van der Waals surface area contributed by atoms with Crippen LogP contribution in [0.25, 0.3) is 0 Å². The summed E-state index contributed by atoms with van der Waals surface area (Å²) in [5, 5.41) is 7.50. The Balaban J connectivity index is 1.93. The van der Waals surface area contributed by atoms with Gasteiger partial charge in [-0.05, 0) is 49.2 Å². The molecule has 0 aliphatic rings. The molecule has 21 heavy (non-hydrogen) atoms. The number of nitrogens with two attached hydrogens (primary N) is 1. The molecule has 3 N–H and O–H groups in total. The molecule has 0 spiro atoms. The van der Waals surface area contributed by atoms with E-state index in [1.54, 1.807) is 11.8 Å². The normalized spacial score (nSPS) is 10.4. The Labute approximate surface area is 130 Å². The van der Waals surface area contributed by atoms with Gasteiger partial charge in [-0.3, -0.25) is 5.41 Å². The van der Waals surface area contributed by atoms with E-state index in [1.165, 1.54) is 4.90 Å². The van der Waals surface area contributed by atoms with Crippen molar-refractivity contribution in [3.63, 3.8) is 0 Å². The molecule has 0 aliphatic heterocycles. The zero-order chi connectivity index (χ0) is 15.2. The summed E-state index contributed by atoms with van der Waals surface area (Å²) in [6.07, 6.45) is 0. The second-order valence-electron chi connectivity index (χ2n) is 4.86. The van der Waals surface area contributed by atoms with E-state index in [4.69, 9.17) is 15.9 Å². The number of ether oxygens (including phenoxy) is 1. The molecule has 4 heteroatoms. The van der Waals surface area contributed by atoms with Crippen molar-refractivity contribution in [2.75, 3.05) is 12.4 Å². The highest BCUT2D eigenvalue weighted by atomic mass is 32.2. The molecule has 0 aromatic heterocycles. The molecular weight excluding hydrogens is 280 g/mol. The van der Waals surface area contributed by atoms with Crippen molar-refractivity contribution in [3.05, 3.63) is 59.2 Å². The molecule has 2 aromatic rings. The highest BCUT2D eigenvalue weighted by molar-refractivity contribution is 7.99. The Kier molecular flexibility index (Phi) is 5.28. The first-order valence-corrected chi connectivity index (χ1v) is 7.83. The van der Waals surface area contributed by atoms with Crippen LogP contribution in [0.4, 0.5) is 0 Å². The van der Waals surface area contributed by atoms with Crippen molar-refractivity contribution in [3.8, 4) is 5.75 Å². The number of benzene rings is 2. The van der Waals surface area contributed by atoms with Crippen molar-refractivity contribution in [2.45, 2.75) is 18.7 Å². The fourth-order valence-electron chi connectivity index (χ4n) is 2.15. The minimum atomic E-state index is 0.0902. The predicted molar refractivity (Wildman–Crippen MR) is 89.6 cm³/mol. The highest BCUT2D eigenvalue weighted by Gasteiger charge is 2.08. The topological polar surface area (TPSA) is 59.1 Å². The molecule has 0 bridgehead atoms. The van der Waals surface area contributed by atoms with Crippen LogP contribution < -0.4 is 10.5 Å². The number of nitrogen functional groups attached to an aromatic ring is 1. The highest BCUT2D eigenvalue weighted by Crippen LogP contribution is 2.25. The van der Waals surface area contributed by atoms with Gasteiger partial charge in [-0.25, -0.2) is 0 Å². The van der Waals surface area contributed by atoms with E-state index in [9.17, 15) is 0 Å². The number of hydrogen-bond donors (Lipinski definition) is 2. The van der Waals surface area contributed by atoms with E-state index in [2.05, 4.69) is 12.1 Å². The van der Waals surface area contributed by atoms with Gasteiger partial charge in [0.25, 0.3) is 0 Å². The summed E-state index contributed by atoms with van der Waals surface area (Å²) in [7, 11) is 0. The predicted octanol–water partition coefficient (Wildman–Crippen LogP) is 3.76. The maximum Gasteiger partial charge on any atom is 0.125 e. The van der Waals surface area contributed by atoms with Crippen molar-refractivity contribution >= 4 is 17.6 Å². The van der Waals surface area contributed by atoms with Crippen molar-refractivity contribution in [1.29, 1.82) is 5.41 Å². The van der Waals surface area contributed by atoms with Crippen LogP contribution in [0.15, 0.2) is 47.4 Å². The summed E-state index contributed by atoms with van der Waals surface area (Å²) >= 11 is 1.78. The van der Waals surface area contributed by atoms with E-state index in [0.717, 1.165) is 28.2 Å². The van der Waals surface area contributed by atoms with Crippen LogP contribution in [0.1, 0.15) is 16.7 Å². The second kappa shape index (κ2) is 7.18. The quantitative estimate of drug-likeness (QED) is 0.369. The number of nitrogens with one attached hydrogen (secondary N) is 1. The number of rotatable bonds is 6. The molecule has 0 aliphatic carbocycles. The van der Waals surface area contributed by atoms with Gasteiger partial charge in [0.2, 0.25) is 0 Å². The van der Waals surface area contributed by atoms with E-state index in [0.29, 0.717) is 6.61 Å². The smallest absolute Gasteiger partial charge is 0.125 e. The van der Waals surface area contributed by atoms with Crippen LogP contribution >= 0.6 is 11.8 Å². The first-order valence-electron chi connectivity index (χ1n) is 6.84. The Morgan fingerprint density at radius 2 is 1.76 bits per heavy atom. The largest absolute Gasteiger partial charge is 0.492 e. The molecule has 0 saturated carbocycles. The summed E-state index contributed by atoms with van der Waals surface area (Å²) in [4.78, 5) is 1.25. The average Bonchev–Trinajstić information content (AvgIpc) is 2.46. The van der Waals surface area contributed by atoms with Crippen LogP contribution in [-0.4, -0.2) is 18.2 Å². The molecule has 0 fully saturated rings. The third-order valence-electron chi connectivity index (χ3n) is 3.11. The van der Waals surface area contributed by atoms with E-state index in [-0.39, 0.29) is 5.84 Å². The number of hydrogen-bond acceptors (Lipinski definition) is 3. The zero-order valence-corrected chi connectivity index (χ0v) is 13.2. The summed E-state index contributed by atoms with van der Waals surface area (Å²) in [6.45, 7) is 4.62. The second-order valence-corrected chi connectivity index (χ2v) is 6.03. The van der Waals surface area contributed by atoms with Gasteiger partial charge in [0, 0.05) is 16.2 Å². The van der Waals surface area contributed by atoms with Crippen molar-refractivity contribution in [2.24, 2.45) is 5.73 Å². The molecule has 0 atom stereocenters. The van der Waals surface area contributed by atoms with Gasteiger partial charge in [0.1, 0.15) is 11.6 Å². The fraction of sp³-hybridized carbons (Fsp3) is 0.235. The number of amidine groups is 1. The lowest BCUT2D eigenvalue weighted by molar-refractivity contribution is 0.339. The Hall–Kier alpha value is -1.94. The van der Waals surface area contributed by atoms with E-state index in [1.807, 2.05) is 44.2 Å². The van der Waals surface area contributed by atoms with E-state index < -0.39 is 0 Å². The van der Waals surface area contributed by atoms with Gasteiger partial charge < -0.3 is 10.5 Å². The van der Waals surface area contributed by atoms with Crippen LogP contribution in [0.3, 0.4) is 0 Å². The number of aryl methyl sites for hydroxylation is 2. The van der Waals surface area contributed by atoms with Gasteiger partial charge in [0.05, 0.1) is 6.61 Å². The molecule has 0 radical (unpaired) electrons. The van der Waals surface area contributed by atoms with Gasteiger partial charge in [-0.15, -0.1) is 11.8 Å². The van der Waals surface area contributed by atoms with Crippen LogP contribution in [0.5, 0.6) is 5.75 Å². The molecule has 2 rings (SSSR count). The molecule has 110 valence electrons. The lowest BCUT2D eigenvalue weighted by Crippen LogP contribution is -2.12. The minimum Gasteiger partial charge on any atom is -0.492 e. The molecule has 0 saturated heterocycles. The standard InChI is InChI=1S/C17H20N2OS/c1-12-10-14(17(18)19)11-13(2)16(12)20-8-9-21-15-6-4-3-5-7-15/h3-7,10-11H,8-9H2,1-2H3,(H3,18,19). The lowest BCUT2D eigenvalue weighted by atomic mass is 10.1.